The van der Waals surface area contributed by atoms with E-state index in [1.807, 2.05) is 12.1 Å². The fraction of sp³-hybridized carbons (Fsp3) is 0.682. The molecule has 1 amide bonds. The van der Waals surface area contributed by atoms with Gasteiger partial charge in [-0.15, -0.1) is 0 Å². The minimum Gasteiger partial charge on any atom is -0.489 e. The van der Waals surface area contributed by atoms with Gasteiger partial charge in [-0.05, 0) is 69.2 Å². The first-order chi connectivity index (χ1) is 13.7. The molecule has 1 aliphatic carbocycles. The first kappa shape index (κ1) is 20.0. The van der Waals surface area contributed by atoms with Crippen molar-refractivity contribution in [1.29, 1.82) is 0 Å². The smallest absolute Gasteiger partial charge is 0.223 e. The lowest BCUT2D eigenvalue weighted by molar-refractivity contribution is -0.128. The monoisotopic (exact) mass is 406 g/mol. The van der Waals surface area contributed by atoms with E-state index in [-0.39, 0.29) is 17.9 Å². The maximum Gasteiger partial charge on any atom is 0.223 e. The lowest BCUT2D eigenvalue weighted by atomic mass is 9.82. The minimum absolute atomic E-state index is 0.123. The summed E-state index contributed by atoms with van der Waals surface area (Å²) in [5.41, 5.74) is 1.15. The lowest BCUT2D eigenvalue weighted by Gasteiger charge is -2.36. The predicted molar refractivity (Wildman–Crippen MR) is 110 cm³/mol. The second-order valence-electron chi connectivity index (χ2n) is 8.42. The topological polar surface area (TPSA) is 50.8 Å². The van der Waals surface area contributed by atoms with E-state index in [0.29, 0.717) is 19.1 Å². The number of carbonyl (C=O) groups is 1. The molecule has 4 rings (SSSR count). The number of rotatable bonds is 7. The number of nitrogens with zero attached hydrogens (tertiary/aromatic N) is 1. The molecule has 1 aromatic carbocycles. The predicted octanol–water partition coefficient (Wildman–Crippen LogP) is 3.64. The molecular weight excluding hydrogens is 376 g/mol. The number of amides is 1. The normalized spacial score (nSPS) is 26.0. The van der Waals surface area contributed by atoms with Gasteiger partial charge < -0.3 is 14.8 Å². The summed E-state index contributed by atoms with van der Waals surface area (Å²) in [6.45, 7) is 5.38. The Morgan fingerprint density at radius 3 is 2.71 bits per heavy atom. The molecule has 28 heavy (non-hydrogen) atoms. The van der Waals surface area contributed by atoms with Gasteiger partial charge in [0.2, 0.25) is 5.91 Å². The van der Waals surface area contributed by atoms with Gasteiger partial charge in [-0.1, -0.05) is 23.7 Å². The lowest BCUT2D eigenvalue weighted by Crippen LogP contribution is -2.43. The maximum atomic E-state index is 12.2. The standard InChI is InChI=1S/C22H31ClN2O3/c23-21-18(15-25-8-1-2-9-25)4-3-5-20(21)28-19-12-16(13-19)14-24-22(26)17-6-10-27-11-7-17/h3-5,16-17,19H,1-2,6-15H2,(H,24,26). The third-order valence-electron chi connectivity index (χ3n) is 6.28. The summed E-state index contributed by atoms with van der Waals surface area (Å²) in [4.78, 5) is 14.7. The molecule has 0 atom stereocenters. The number of ether oxygens (including phenoxy) is 2. The quantitative estimate of drug-likeness (QED) is 0.751. The van der Waals surface area contributed by atoms with Crippen molar-refractivity contribution in [2.24, 2.45) is 11.8 Å². The van der Waals surface area contributed by atoms with Gasteiger partial charge in [0.15, 0.2) is 0 Å². The summed E-state index contributed by atoms with van der Waals surface area (Å²) >= 11 is 6.62. The number of benzene rings is 1. The zero-order chi connectivity index (χ0) is 19.3. The summed E-state index contributed by atoms with van der Waals surface area (Å²) in [5, 5.41) is 3.87. The molecule has 6 heteroatoms. The van der Waals surface area contributed by atoms with Gasteiger partial charge in [-0.2, -0.15) is 0 Å². The highest BCUT2D eigenvalue weighted by Gasteiger charge is 2.32. The molecule has 0 spiro atoms. The molecule has 3 aliphatic rings. The van der Waals surface area contributed by atoms with Crippen LogP contribution in [0.25, 0.3) is 0 Å². The van der Waals surface area contributed by atoms with Crippen LogP contribution < -0.4 is 10.1 Å². The molecule has 2 aliphatic heterocycles. The molecule has 0 aromatic heterocycles. The Morgan fingerprint density at radius 1 is 1.21 bits per heavy atom. The Kier molecular flexibility index (Phi) is 6.76. The van der Waals surface area contributed by atoms with E-state index in [9.17, 15) is 4.79 Å². The second-order valence-corrected chi connectivity index (χ2v) is 8.80. The largest absolute Gasteiger partial charge is 0.489 e. The van der Waals surface area contributed by atoms with Crippen molar-refractivity contribution in [3.05, 3.63) is 28.8 Å². The van der Waals surface area contributed by atoms with Gasteiger partial charge >= 0.3 is 0 Å². The fourth-order valence-corrected chi connectivity index (χ4v) is 4.65. The Morgan fingerprint density at radius 2 is 1.96 bits per heavy atom. The SMILES string of the molecule is O=C(NCC1CC(Oc2cccc(CN3CCCC3)c2Cl)C1)C1CCOCC1. The van der Waals surface area contributed by atoms with E-state index in [4.69, 9.17) is 21.1 Å². The highest BCUT2D eigenvalue weighted by molar-refractivity contribution is 6.32. The molecule has 2 heterocycles. The number of likely N-dealkylation sites (tertiary alicyclic amines) is 1. The zero-order valence-corrected chi connectivity index (χ0v) is 17.3. The van der Waals surface area contributed by atoms with E-state index >= 15 is 0 Å². The number of hydrogen-bond acceptors (Lipinski definition) is 4. The van der Waals surface area contributed by atoms with Crippen LogP contribution in [0, 0.1) is 11.8 Å². The number of nitrogens with one attached hydrogen (secondary N) is 1. The van der Waals surface area contributed by atoms with Crippen LogP contribution >= 0.6 is 11.6 Å². The van der Waals surface area contributed by atoms with Crippen LogP contribution in [-0.4, -0.2) is 49.8 Å². The Hall–Kier alpha value is -1.30. The summed E-state index contributed by atoms with van der Waals surface area (Å²) in [5.74, 6) is 1.61. The maximum absolute atomic E-state index is 12.2. The van der Waals surface area contributed by atoms with Crippen molar-refractivity contribution in [2.45, 2.75) is 51.2 Å². The van der Waals surface area contributed by atoms with E-state index < -0.39 is 0 Å². The second kappa shape index (κ2) is 9.47. The molecule has 5 nitrogen and oxygen atoms in total. The molecule has 154 valence electrons. The molecule has 1 saturated carbocycles. The highest BCUT2D eigenvalue weighted by atomic mass is 35.5. The van der Waals surface area contributed by atoms with Crippen LogP contribution in [0.4, 0.5) is 0 Å². The summed E-state index contributed by atoms with van der Waals surface area (Å²) in [6, 6.07) is 6.11. The first-order valence-corrected chi connectivity index (χ1v) is 11.1. The van der Waals surface area contributed by atoms with Crippen LogP contribution in [0.15, 0.2) is 18.2 Å². The molecule has 1 N–H and O–H groups in total. The highest BCUT2D eigenvalue weighted by Crippen LogP contribution is 2.36. The number of carbonyl (C=O) groups excluding carboxylic acids is 1. The van der Waals surface area contributed by atoms with E-state index in [1.165, 1.54) is 12.8 Å². The van der Waals surface area contributed by atoms with Crippen LogP contribution in [-0.2, 0) is 16.1 Å². The van der Waals surface area contributed by atoms with Crippen molar-refractivity contribution in [2.75, 3.05) is 32.8 Å². The van der Waals surface area contributed by atoms with Gasteiger partial charge in [0.25, 0.3) is 0 Å². The Bertz CT molecular complexity index is 666. The van der Waals surface area contributed by atoms with Gasteiger partial charge in [-0.3, -0.25) is 9.69 Å². The fourth-order valence-electron chi connectivity index (χ4n) is 4.42. The summed E-state index contributed by atoms with van der Waals surface area (Å²) in [7, 11) is 0. The van der Waals surface area contributed by atoms with E-state index in [0.717, 1.165) is 68.2 Å². The van der Waals surface area contributed by atoms with Gasteiger partial charge in [0, 0.05) is 32.2 Å². The zero-order valence-electron chi connectivity index (χ0n) is 16.5. The van der Waals surface area contributed by atoms with Gasteiger partial charge in [0.1, 0.15) is 5.75 Å². The van der Waals surface area contributed by atoms with Crippen molar-refractivity contribution >= 4 is 17.5 Å². The third-order valence-corrected chi connectivity index (χ3v) is 6.71. The van der Waals surface area contributed by atoms with Gasteiger partial charge in [0.05, 0.1) is 11.1 Å². The average molecular weight is 407 g/mol. The summed E-state index contributed by atoms with van der Waals surface area (Å²) < 4.78 is 11.5. The molecular formula is C22H31ClN2O3. The Labute approximate surface area is 172 Å². The van der Waals surface area contributed by atoms with Crippen LogP contribution in [0.1, 0.15) is 44.1 Å². The first-order valence-electron chi connectivity index (χ1n) is 10.7. The average Bonchev–Trinajstić information content (AvgIpc) is 3.20. The van der Waals surface area contributed by atoms with Crippen molar-refractivity contribution in [1.82, 2.24) is 10.2 Å². The molecule has 3 fully saturated rings. The molecule has 2 saturated heterocycles. The molecule has 1 aromatic rings. The molecule has 0 unspecified atom stereocenters. The third kappa shape index (κ3) is 5.00. The minimum atomic E-state index is 0.123. The van der Waals surface area contributed by atoms with Crippen molar-refractivity contribution in [3.8, 4) is 5.75 Å². The number of halogens is 1. The van der Waals surface area contributed by atoms with Crippen molar-refractivity contribution < 1.29 is 14.3 Å². The molecule has 0 radical (unpaired) electrons. The van der Waals surface area contributed by atoms with Crippen LogP contribution in [0.5, 0.6) is 5.75 Å². The van der Waals surface area contributed by atoms with Crippen LogP contribution in [0.3, 0.4) is 0 Å². The van der Waals surface area contributed by atoms with Crippen LogP contribution in [0.2, 0.25) is 5.02 Å². The van der Waals surface area contributed by atoms with E-state index in [2.05, 4.69) is 16.3 Å². The van der Waals surface area contributed by atoms with E-state index in [1.54, 1.807) is 0 Å². The van der Waals surface area contributed by atoms with Crippen molar-refractivity contribution in [3.63, 3.8) is 0 Å². The summed E-state index contributed by atoms with van der Waals surface area (Å²) in [6.07, 6.45) is 6.39. The van der Waals surface area contributed by atoms with Gasteiger partial charge in [-0.25, -0.2) is 0 Å². The molecule has 0 bridgehead atoms. The number of hydrogen-bond donors (Lipinski definition) is 1. The Balaban J connectivity index is 1.20.